The fraction of sp³-hybridized carbons (Fsp3) is 0.448. The molecule has 9 heteroatoms. The van der Waals surface area contributed by atoms with E-state index in [1.165, 1.54) is 12.8 Å². The number of nitrogens with one attached hydrogen (secondary N) is 1. The van der Waals surface area contributed by atoms with Crippen LogP contribution in [0.15, 0.2) is 47.3 Å². The van der Waals surface area contributed by atoms with E-state index in [0.717, 1.165) is 78.3 Å². The maximum absolute atomic E-state index is 13.6. The number of aromatic nitrogens is 5. The number of aromatic amines is 1. The van der Waals surface area contributed by atoms with Gasteiger partial charge >= 0.3 is 0 Å². The van der Waals surface area contributed by atoms with E-state index in [4.69, 9.17) is 4.74 Å². The molecule has 2 aromatic heterocycles. The van der Waals surface area contributed by atoms with Crippen molar-refractivity contribution in [3.63, 3.8) is 0 Å². The molecule has 0 spiro atoms. The molecule has 1 N–H and O–H groups in total. The lowest BCUT2D eigenvalue weighted by Crippen LogP contribution is -2.49. The minimum Gasteiger partial charge on any atom is -0.495 e. The molecular weight excluding hydrogens is 478 g/mol. The van der Waals surface area contributed by atoms with Crippen LogP contribution in [0.2, 0.25) is 0 Å². The number of benzene rings is 2. The molecule has 1 atom stereocenters. The molecule has 3 heterocycles. The van der Waals surface area contributed by atoms with Gasteiger partial charge in [0.25, 0.3) is 5.56 Å². The van der Waals surface area contributed by atoms with Gasteiger partial charge in [0.05, 0.1) is 18.8 Å². The molecule has 1 aliphatic heterocycles. The van der Waals surface area contributed by atoms with E-state index >= 15 is 0 Å². The van der Waals surface area contributed by atoms with Crippen LogP contribution in [-0.4, -0.2) is 63.4 Å². The smallest absolute Gasteiger partial charge is 0.253 e. The molecule has 4 aromatic rings. The molecule has 1 aliphatic carbocycles. The quantitative estimate of drug-likeness (QED) is 0.414. The first-order valence-corrected chi connectivity index (χ1v) is 13.6. The van der Waals surface area contributed by atoms with E-state index in [1.54, 1.807) is 7.11 Å². The van der Waals surface area contributed by atoms with Crippen LogP contribution in [0.4, 0.5) is 5.69 Å². The van der Waals surface area contributed by atoms with Crippen LogP contribution in [0.5, 0.6) is 5.75 Å². The Morgan fingerprint density at radius 2 is 1.79 bits per heavy atom. The van der Waals surface area contributed by atoms with Crippen molar-refractivity contribution in [1.82, 2.24) is 30.1 Å². The van der Waals surface area contributed by atoms with E-state index in [9.17, 15) is 4.79 Å². The Morgan fingerprint density at radius 3 is 2.55 bits per heavy atom. The van der Waals surface area contributed by atoms with Crippen molar-refractivity contribution in [3.8, 4) is 5.75 Å². The standard InChI is InChI=1S/C29H35N7O2/c1-19-16-20(2)22-18-23(29(37)30-24(22)17-19)27(28-31-32-33-36(28)21-8-4-5-9-21)35-14-12-34(13-15-35)25-10-6-7-11-26(25)38-3/h6-7,10-11,16-18,21,27H,4-5,8-9,12-15H2,1-3H3,(H,30,37)/t27-/m1/s1. The Hall–Kier alpha value is -3.72. The number of pyridine rings is 1. The Labute approximate surface area is 222 Å². The minimum atomic E-state index is -0.334. The lowest BCUT2D eigenvalue weighted by atomic mass is 9.99. The molecule has 0 unspecified atom stereocenters. The van der Waals surface area contributed by atoms with Gasteiger partial charge < -0.3 is 14.6 Å². The lowest BCUT2D eigenvalue weighted by molar-refractivity contribution is 0.196. The van der Waals surface area contributed by atoms with Crippen LogP contribution >= 0.6 is 0 Å². The zero-order valence-corrected chi connectivity index (χ0v) is 22.4. The summed E-state index contributed by atoms with van der Waals surface area (Å²) in [6, 6.07) is 14.3. The molecule has 0 radical (unpaired) electrons. The molecule has 198 valence electrons. The number of methoxy groups -OCH3 is 1. The van der Waals surface area contributed by atoms with E-state index < -0.39 is 0 Å². The summed E-state index contributed by atoms with van der Waals surface area (Å²) in [5, 5.41) is 14.2. The van der Waals surface area contributed by atoms with Gasteiger partial charge in [-0.15, -0.1) is 5.10 Å². The number of aryl methyl sites for hydroxylation is 2. The molecule has 2 aliphatic rings. The number of ether oxygens (including phenoxy) is 1. The molecule has 0 amide bonds. The normalized spacial score (nSPS) is 17.8. The summed E-state index contributed by atoms with van der Waals surface area (Å²) in [5.41, 5.74) is 4.85. The Bertz CT molecular complexity index is 1500. The molecular formula is C29H35N7O2. The zero-order valence-electron chi connectivity index (χ0n) is 22.4. The highest BCUT2D eigenvalue weighted by Crippen LogP contribution is 2.35. The number of H-pyrrole nitrogens is 1. The van der Waals surface area contributed by atoms with Crippen molar-refractivity contribution in [3.05, 3.63) is 75.3 Å². The third kappa shape index (κ3) is 4.45. The number of tetrazole rings is 1. The zero-order chi connectivity index (χ0) is 26.2. The van der Waals surface area contributed by atoms with Gasteiger partial charge in [0.2, 0.25) is 0 Å². The van der Waals surface area contributed by atoms with Crippen molar-refractivity contribution in [1.29, 1.82) is 0 Å². The largest absolute Gasteiger partial charge is 0.495 e. The van der Waals surface area contributed by atoms with Crippen molar-refractivity contribution < 1.29 is 4.74 Å². The first-order chi connectivity index (χ1) is 18.5. The van der Waals surface area contributed by atoms with Crippen molar-refractivity contribution in [2.75, 3.05) is 38.2 Å². The summed E-state index contributed by atoms with van der Waals surface area (Å²) in [7, 11) is 1.71. The Kier molecular flexibility index (Phi) is 6.61. The Balaban J connectivity index is 1.40. The third-order valence-electron chi connectivity index (χ3n) is 8.17. The number of hydrogen-bond donors (Lipinski definition) is 1. The van der Waals surface area contributed by atoms with Crippen LogP contribution in [0.1, 0.15) is 60.3 Å². The molecule has 1 saturated carbocycles. The fourth-order valence-electron chi connectivity index (χ4n) is 6.29. The van der Waals surface area contributed by atoms with Crippen LogP contribution in [0, 0.1) is 13.8 Å². The van der Waals surface area contributed by atoms with Crippen molar-refractivity contribution in [2.24, 2.45) is 0 Å². The average Bonchev–Trinajstić information content (AvgIpc) is 3.62. The minimum absolute atomic E-state index is 0.0827. The lowest BCUT2D eigenvalue weighted by Gasteiger charge is -2.40. The average molecular weight is 514 g/mol. The summed E-state index contributed by atoms with van der Waals surface area (Å²) < 4.78 is 7.62. The summed E-state index contributed by atoms with van der Waals surface area (Å²) in [5.74, 6) is 1.64. The van der Waals surface area contributed by atoms with Gasteiger partial charge in [-0.1, -0.05) is 31.0 Å². The molecule has 2 aromatic carbocycles. The van der Waals surface area contributed by atoms with Crippen LogP contribution in [0.3, 0.4) is 0 Å². The molecule has 2 fully saturated rings. The molecule has 6 rings (SSSR count). The van der Waals surface area contributed by atoms with E-state index in [-0.39, 0.29) is 17.6 Å². The van der Waals surface area contributed by atoms with E-state index in [1.807, 2.05) is 28.9 Å². The maximum atomic E-state index is 13.6. The summed E-state index contributed by atoms with van der Waals surface area (Å²) in [6.07, 6.45) is 4.50. The van der Waals surface area contributed by atoms with E-state index in [0.29, 0.717) is 5.56 Å². The molecule has 1 saturated heterocycles. The van der Waals surface area contributed by atoms with Crippen LogP contribution in [0.25, 0.3) is 10.9 Å². The van der Waals surface area contributed by atoms with Gasteiger partial charge in [0.15, 0.2) is 5.82 Å². The van der Waals surface area contributed by atoms with Gasteiger partial charge in [-0.25, -0.2) is 4.68 Å². The molecule has 38 heavy (non-hydrogen) atoms. The third-order valence-corrected chi connectivity index (χ3v) is 8.17. The predicted molar refractivity (Wildman–Crippen MR) is 148 cm³/mol. The summed E-state index contributed by atoms with van der Waals surface area (Å²) in [6.45, 7) is 7.31. The monoisotopic (exact) mass is 513 g/mol. The van der Waals surface area contributed by atoms with E-state index in [2.05, 4.69) is 62.4 Å². The van der Waals surface area contributed by atoms with Crippen LogP contribution < -0.4 is 15.2 Å². The summed E-state index contributed by atoms with van der Waals surface area (Å²) in [4.78, 5) is 21.5. The predicted octanol–water partition coefficient (Wildman–Crippen LogP) is 4.17. The highest BCUT2D eigenvalue weighted by atomic mass is 16.5. The topological polar surface area (TPSA) is 92.2 Å². The second-order valence-corrected chi connectivity index (χ2v) is 10.6. The number of para-hydroxylation sites is 2. The number of piperazine rings is 1. The number of hydrogen-bond acceptors (Lipinski definition) is 7. The summed E-state index contributed by atoms with van der Waals surface area (Å²) >= 11 is 0. The van der Waals surface area contributed by atoms with Gasteiger partial charge in [-0.05, 0) is 72.5 Å². The number of fused-ring (bicyclic) bond motifs is 1. The number of rotatable bonds is 6. The van der Waals surface area contributed by atoms with Crippen LogP contribution in [-0.2, 0) is 0 Å². The molecule has 9 nitrogen and oxygen atoms in total. The maximum Gasteiger partial charge on any atom is 0.253 e. The van der Waals surface area contributed by atoms with Gasteiger partial charge in [0, 0.05) is 42.6 Å². The number of anilines is 1. The second-order valence-electron chi connectivity index (χ2n) is 10.6. The second kappa shape index (κ2) is 10.2. The highest BCUT2D eigenvalue weighted by molar-refractivity contribution is 5.83. The first-order valence-electron chi connectivity index (χ1n) is 13.6. The first kappa shape index (κ1) is 24.6. The number of nitrogens with zero attached hydrogens (tertiary/aromatic N) is 6. The highest BCUT2D eigenvalue weighted by Gasteiger charge is 2.35. The van der Waals surface area contributed by atoms with Crippen molar-refractivity contribution >= 4 is 16.6 Å². The molecule has 0 bridgehead atoms. The van der Waals surface area contributed by atoms with Gasteiger partial charge in [0.1, 0.15) is 11.8 Å². The Morgan fingerprint density at radius 1 is 1.03 bits per heavy atom. The van der Waals surface area contributed by atoms with Gasteiger partial charge in [-0.3, -0.25) is 9.69 Å². The SMILES string of the molecule is COc1ccccc1N1CCN([C@H](c2cc3c(C)cc(C)cc3[nH]c2=O)c2nnnn2C2CCCC2)CC1. The van der Waals surface area contributed by atoms with Crippen molar-refractivity contribution in [2.45, 2.75) is 51.6 Å². The fourth-order valence-corrected chi connectivity index (χ4v) is 6.29. The van der Waals surface area contributed by atoms with Gasteiger partial charge in [-0.2, -0.15) is 0 Å².